The van der Waals surface area contributed by atoms with Crippen LogP contribution in [-0.2, 0) is 6.54 Å². The van der Waals surface area contributed by atoms with E-state index in [2.05, 4.69) is 15.4 Å². The minimum Gasteiger partial charge on any atom is -0.338 e. The summed E-state index contributed by atoms with van der Waals surface area (Å²) in [6, 6.07) is 6.33. The van der Waals surface area contributed by atoms with Crippen LogP contribution in [0.5, 0.6) is 0 Å². The minimum atomic E-state index is -4.62. The largest absolute Gasteiger partial charge is 0.406 e. The van der Waals surface area contributed by atoms with Crippen LogP contribution in [0.4, 0.5) is 13.2 Å². The summed E-state index contributed by atoms with van der Waals surface area (Å²) >= 11 is 5.85. The zero-order valence-corrected chi connectivity index (χ0v) is 19.5. The molecule has 36 heavy (non-hydrogen) atoms. The molecule has 1 aromatic carbocycles. The molecule has 3 aromatic rings. The third kappa shape index (κ3) is 3.74. The molecule has 4 atom stereocenters. The lowest BCUT2D eigenvalue weighted by atomic mass is 9.60. The SMILES string of the molecule is O=C(c1ccc2n[nH]nc2c1)N1C[C@@H]2[C@H](C1)[C@H]1CN(C(=O)c3cc(Cl)c(=O)n(CC(F)(F)F)c3)C[C@@H]21. The van der Waals surface area contributed by atoms with E-state index in [1.807, 2.05) is 4.90 Å². The van der Waals surface area contributed by atoms with Gasteiger partial charge in [-0.05, 0) is 47.9 Å². The number of aromatic nitrogens is 4. The summed E-state index contributed by atoms with van der Waals surface area (Å²) < 4.78 is 39.0. The van der Waals surface area contributed by atoms with E-state index < -0.39 is 29.2 Å². The van der Waals surface area contributed by atoms with Gasteiger partial charge in [0.15, 0.2) is 0 Å². The van der Waals surface area contributed by atoms with Crippen molar-refractivity contribution in [3.63, 3.8) is 0 Å². The molecular formula is C23H20ClF3N6O3. The van der Waals surface area contributed by atoms with Gasteiger partial charge >= 0.3 is 6.18 Å². The molecule has 0 bridgehead atoms. The van der Waals surface area contributed by atoms with Crippen molar-refractivity contribution in [2.75, 3.05) is 26.2 Å². The maximum atomic E-state index is 13.1. The quantitative estimate of drug-likeness (QED) is 0.571. The van der Waals surface area contributed by atoms with Crippen LogP contribution in [0.1, 0.15) is 20.7 Å². The number of alkyl halides is 3. The molecule has 1 aliphatic carbocycles. The van der Waals surface area contributed by atoms with Crippen molar-refractivity contribution in [2.24, 2.45) is 23.7 Å². The van der Waals surface area contributed by atoms with Gasteiger partial charge in [-0.3, -0.25) is 14.4 Å². The summed E-state index contributed by atoms with van der Waals surface area (Å²) in [6.07, 6.45) is -3.69. The van der Waals surface area contributed by atoms with Crippen molar-refractivity contribution in [1.82, 2.24) is 29.8 Å². The van der Waals surface area contributed by atoms with Crippen molar-refractivity contribution in [1.29, 1.82) is 0 Å². The molecule has 6 rings (SSSR count). The van der Waals surface area contributed by atoms with E-state index in [4.69, 9.17) is 11.6 Å². The molecule has 4 heterocycles. The Labute approximate surface area is 206 Å². The Kier molecular flexibility index (Phi) is 5.15. The van der Waals surface area contributed by atoms with Gasteiger partial charge in [0, 0.05) is 37.9 Å². The van der Waals surface area contributed by atoms with Crippen molar-refractivity contribution >= 4 is 34.4 Å². The van der Waals surface area contributed by atoms with Crippen molar-refractivity contribution in [2.45, 2.75) is 12.7 Å². The Morgan fingerprint density at radius 3 is 2.06 bits per heavy atom. The zero-order valence-electron chi connectivity index (χ0n) is 18.7. The Balaban J connectivity index is 1.14. The highest BCUT2D eigenvalue weighted by molar-refractivity contribution is 6.30. The molecule has 2 saturated heterocycles. The van der Waals surface area contributed by atoms with Gasteiger partial charge in [0.1, 0.15) is 22.6 Å². The highest BCUT2D eigenvalue weighted by Crippen LogP contribution is 2.54. The topological polar surface area (TPSA) is 104 Å². The fourth-order valence-electron chi connectivity index (χ4n) is 6.07. The van der Waals surface area contributed by atoms with Gasteiger partial charge in [0.2, 0.25) is 0 Å². The zero-order chi connectivity index (χ0) is 25.4. The summed E-state index contributed by atoms with van der Waals surface area (Å²) in [6.45, 7) is 0.564. The molecule has 9 nitrogen and oxygen atoms in total. The van der Waals surface area contributed by atoms with Gasteiger partial charge in [-0.2, -0.15) is 28.6 Å². The second-order valence-corrected chi connectivity index (χ2v) is 10.1. The number of pyridine rings is 1. The number of amides is 2. The minimum absolute atomic E-state index is 0.0460. The van der Waals surface area contributed by atoms with E-state index in [0.717, 1.165) is 12.3 Å². The van der Waals surface area contributed by atoms with Crippen LogP contribution < -0.4 is 5.56 Å². The molecule has 2 aliphatic heterocycles. The van der Waals surface area contributed by atoms with E-state index in [-0.39, 0.29) is 35.1 Å². The van der Waals surface area contributed by atoms with Gasteiger partial charge < -0.3 is 14.4 Å². The van der Waals surface area contributed by atoms with Crippen molar-refractivity contribution < 1.29 is 22.8 Å². The number of halogens is 4. The van der Waals surface area contributed by atoms with Gasteiger partial charge in [0.05, 0.1) is 5.56 Å². The Hall–Kier alpha value is -3.41. The number of rotatable bonds is 3. The van der Waals surface area contributed by atoms with Crippen LogP contribution in [0.15, 0.2) is 35.3 Å². The number of H-pyrrole nitrogens is 1. The van der Waals surface area contributed by atoms with E-state index in [1.165, 1.54) is 0 Å². The third-order valence-corrected chi connectivity index (χ3v) is 7.97. The maximum Gasteiger partial charge on any atom is 0.406 e. The normalized spacial score (nSPS) is 25.1. The summed E-state index contributed by atoms with van der Waals surface area (Å²) in [7, 11) is 0. The van der Waals surface area contributed by atoms with Crippen LogP contribution in [0.3, 0.4) is 0 Å². The number of carbonyl (C=O) groups excluding carboxylic acids is 2. The fourth-order valence-corrected chi connectivity index (χ4v) is 6.30. The van der Waals surface area contributed by atoms with Crippen molar-refractivity contribution in [3.05, 3.63) is 57.0 Å². The summed E-state index contributed by atoms with van der Waals surface area (Å²) in [4.78, 5) is 41.6. The predicted octanol–water partition coefficient (Wildman–Crippen LogP) is 2.43. The van der Waals surface area contributed by atoms with Gasteiger partial charge in [-0.1, -0.05) is 11.6 Å². The number of fused-ring (bicyclic) bond motifs is 5. The van der Waals surface area contributed by atoms with Crippen LogP contribution >= 0.6 is 11.6 Å². The second-order valence-electron chi connectivity index (χ2n) is 9.73. The monoisotopic (exact) mass is 520 g/mol. The van der Waals surface area contributed by atoms with E-state index in [0.29, 0.717) is 47.3 Å². The van der Waals surface area contributed by atoms with Gasteiger partial charge in [-0.25, -0.2) is 0 Å². The number of hydrogen-bond acceptors (Lipinski definition) is 5. The van der Waals surface area contributed by atoms with Gasteiger partial charge in [-0.15, -0.1) is 0 Å². The number of nitrogens with one attached hydrogen (secondary N) is 1. The number of aromatic amines is 1. The van der Waals surface area contributed by atoms with E-state index in [9.17, 15) is 27.6 Å². The third-order valence-electron chi connectivity index (χ3n) is 7.70. The fraction of sp³-hybridized carbons (Fsp3) is 0.435. The smallest absolute Gasteiger partial charge is 0.338 e. The van der Waals surface area contributed by atoms with Gasteiger partial charge in [0.25, 0.3) is 17.4 Å². The Morgan fingerprint density at radius 1 is 0.917 bits per heavy atom. The molecule has 1 saturated carbocycles. The lowest BCUT2D eigenvalue weighted by Gasteiger charge is -2.42. The van der Waals surface area contributed by atoms with Crippen molar-refractivity contribution in [3.8, 4) is 0 Å². The average Bonchev–Trinajstić information content (AvgIpc) is 3.53. The summed E-state index contributed by atoms with van der Waals surface area (Å²) in [5.74, 6) is 0.430. The maximum absolute atomic E-state index is 13.1. The molecule has 2 aromatic heterocycles. The lowest BCUT2D eigenvalue weighted by molar-refractivity contribution is -0.141. The molecule has 0 radical (unpaired) electrons. The van der Waals surface area contributed by atoms with Crippen LogP contribution in [0, 0.1) is 23.7 Å². The molecule has 0 spiro atoms. The number of likely N-dealkylation sites (tertiary alicyclic amines) is 2. The molecule has 3 aliphatic rings. The van der Waals surface area contributed by atoms with Crippen LogP contribution in [0.2, 0.25) is 5.02 Å². The molecule has 3 fully saturated rings. The molecule has 1 N–H and O–H groups in total. The first kappa shape index (κ1) is 23.0. The Morgan fingerprint density at radius 2 is 1.47 bits per heavy atom. The number of nitrogens with zero attached hydrogens (tertiary/aromatic N) is 5. The predicted molar refractivity (Wildman–Crippen MR) is 121 cm³/mol. The van der Waals surface area contributed by atoms with E-state index in [1.54, 1.807) is 23.1 Å². The summed E-state index contributed by atoms with van der Waals surface area (Å²) in [5, 5.41) is 10.1. The molecule has 2 amide bonds. The first-order valence-electron chi connectivity index (χ1n) is 11.4. The molecule has 188 valence electrons. The second kappa shape index (κ2) is 8.05. The first-order valence-corrected chi connectivity index (χ1v) is 11.8. The highest BCUT2D eigenvalue weighted by Gasteiger charge is 2.59. The molecule has 13 heteroatoms. The number of benzene rings is 1. The average molecular weight is 521 g/mol. The first-order chi connectivity index (χ1) is 17.1. The van der Waals surface area contributed by atoms with Crippen LogP contribution in [0.25, 0.3) is 11.0 Å². The highest BCUT2D eigenvalue weighted by atomic mass is 35.5. The summed E-state index contributed by atoms with van der Waals surface area (Å²) in [5.41, 5.74) is 0.813. The standard InChI is InChI=1S/C23H20ClF3N6O3/c24-17-3-12(5-33(22(17)36)10-23(25,26)27)21(35)32-8-15-13-6-31(7-14(13)16(15)9-32)20(34)11-1-2-18-19(4-11)29-30-28-18/h1-5,13-16H,6-10H2,(H,28,29,30)/t13-,14+,15+,16-. The molecular weight excluding hydrogens is 501 g/mol. The van der Waals surface area contributed by atoms with E-state index >= 15 is 0 Å². The molecule has 0 unspecified atom stereocenters. The number of hydrogen-bond donors (Lipinski definition) is 1. The lowest BCUT2D eigenvalue weighted by Crippen LogP contribution is -2.44. The Bertz CT molecular complexity index is 1430. The van der Waals surface area contributed by atoms with Crippen LogP contribution in [-0.4, -0.2) is 73.9 Å². The number of carbonyl (C=O) groups is 2.